The maximum atomic E-state index is 10.2. The normalized spacial score (nSPS) is 14.9. The fourth-order valence-electron chi connectivity index (χ4n) is 0.322. The molecular weight excluding hydrogens is 230 g/mol. The molecule has 0 rings (SSSR count). The second kappa shape index (κ2) is 4.54. The van der Waals surface area contributed by atoms with Crippen molar-refractivity contribution in [3.8, 4) is 0 Å². The van der Waals surface area contributed by atoms with E-state index in [1.807, 2.05) is 0 Å². The van der Waals surface area contributed by atoms with Crippen LogP contribution in [-0.2, 0) is 9.59 Å². The first-order valence-corrected chi connectivity index (χ1v) is 3.72. The second-order valence-electron chi connectivity index (χ2n) is 1.67. The molecule has 0 aliphatic rings. The maximum absolute atomic E-state index is 10.2. The Hall–Kier alpha value is -0.450. The summed E-state index contributed by atoms with van der Waals surface area (Å²) in [6.45, 7) is 0. The summed E-state index contributed by atoms with van der Waals surface area (Å²) in [7, 11) is 0. The molecule has 1 atom stereocenters. The summed E-state index contributed by atoms with van der Waals surface area (Å²) in [5.74, 6) is -2.98. The molecule has 0 bridgehead atoms. The molecule has 0 aromatic carbocycles. The van der Waals surface area contributed by atoms with Gasteiger partial charge in [-0.2, -0.15) is 0 Å². The standard InChI is InChI=1S/C5H3Cl3O4/c6-1(2(7)4(9)10)3(8)5(11)12/h2H,(H,9,10)(H,11,12)/b3-1+/t2-/m1/s1. The Bertz CT molecular complexity index is 247. The number of halogens is 3. The van der Waals surface area contributed by atoms with E-state index >= 15 is 0 Å². The quantitative estimate of drug-likeness (QED) is 0.571. The van der Waals surface area contributed by atoms with Gasteiger partial charge in [0.1, 0.15) is 5.03 Å². The number of carboxylic acid groups (broad SMARTS) is 2. The molecular formula is C5H3Cl3O4. The lowest BCUT2D eigenvalue weighted by atomic mass is 10.3. The molecule has 0 amide bonds. The molecule has 0 aliphatic carbocycles. The molecule has 0 heterocycles. The smallest absolute Gasteiger partial charge is 0.348 e. The van der Waals surface area contributed by atoms with Gasteiger partial charge in [0.25, 0.3) is 0 Å². The summed E-state index contributed by atoms with van der Waals surface area (Å²) in [5.41, 5.74) is 0. The number of alkyl halides is 1. The van der Waals surface area contributed by atoms with E-state index < -0.39 is 27.4 Å². The van der Waals surface area contributed by atoms with E-state index in [1.54, 1.807) is 0 Å². The van der Waals surface area contributed by atoms with Crippen LogP contribution in [0.1, 0.15) is 0 Å². The highest BCUT2D eigenvalue weighted by atomic mass is 35.5. The number of carboxylic acids is 2. The van der Waals surface area contributed by atoms with Crippen molar-refractivity contribution < 1.29 is 19.8 Å². The van der Waals surface area contributed by atoms with Crippen molar-refractivity contribution in [2.24, 2.45) is 0 Å². The first kappa shape index (κ1) is 11.6. The molecule has 0 aromatic rings. The SMILES string of the molecule is O=C(O)/C(Cl)=C(\Cl)[C@@H](Cl)C(=O)O. The summed E-state index contributed by atoms with van der Waals surface area (Å²) in [4.78, 5) is 20.3. The number of hydrogen-bond acceptors (Lipinski definition) is 2. The predicted octanol–water partition coefficient (Wildman–Crippen LogP) is 1.45. The van der Waals surface area contributed by atoms with Gasteiger partial charge in [0.05, 0.1) is 5.03 Å². The average Bonchev–Trinajstić information content (AvgIpc) is 2.00. The zero-order valence-corrected chi connectivity index (χ0v) is 7.69. The van der Waals surface area contributed by atoms with Crippen molar-refractivity contribution in [1.29, 1.82) is 0 Å². The first-order valence-electron chi connectivity index (χ1n) is 2.53. The number of hydrogen-bond donors (Lipinski definition) is 2. The first-order chi connectivity index (χ1) is 5.37. The minimum Gasteiger partial charge on any atom is -0.480 e. The molecule has 0 fully saturated rings. The van der Waals surface area contributed by atoms with E-state index in [1.165, 1.54) is 0 Å². The van der Waals surface area contributed by atoms with Crippen LogP contribution in [0.25, 0.3) is 0 Å². The Kier molecular flexibility index (Phi) is 4.37. The van der Waals surface area contributed by atoms with Gasteiger partial charge in [-0.05, 0) is 0 Å². The van der Waals surface area contributed by atoms with Crippen molar-refractivity contribution in [2.45, 2.75) is 5.38 Å². The summed E-state index contributed by atoms with van der Waals surface area (Å²) in [5, 5.41) is 13.5. The minimum absolute atomic E-state index is 0.613. The average molecular weight is 233 g/mol. The van der Waals surface area contributed by atoms with Gasteiger partial charge in [-0.25, -0.2) is 4.79 Å². The summed E-state index contributed by atoms with van der Waals surface area (Å²) >= 11 is 15.5. The molecule has 0 unspecified atom stereocenters. The van der Waals surface area contributed by atoms with Gasteiger partial charge in [0, 0.05) is 0 Å². The van der Waals surface area contributed by atoms with Crippen LogP contribution in [0, 0.1) is 0 Å². The fourth-order valence-corrected chi connectivity index (χ4v) is 0.770. The van der Waals surface area contributed by atoms with E-state index in [2.05, 4.69) is 0 Å². The lowest BCUT2D eigenvalue weighted by Gasteiger charge is -2.02. The van der Waals surface area contributed by atoms with Crippen molar-refractivity contribution in [2.75, 3.05) is 0 Å². The van der Waals surface area contributed by atoms with Crippen LogP contribution in [0.15, 0.2) is 10.1 Å². The third-order valence-corrected chi connectivity index (χ3v) is 2.22. The molecule has 0 saturated heterocycles. The third-order valence-electron chi connectivity index (χ3n) is 0.837. The lowest BCUT2D eigenvalue weighted by molar-refractivity contribution is -0.135. The van der Waals surface area contributed by atoms with Crippen LogP contribution in [0.5, 0.6) is 0 Å². The predicted molar refractivity (Wildman–Crippen MR) is 43.6 cm³/mol. The Balaban J connectivity index is 4.78. The molecule has 7 heteroatoms. The molecule has 2 N–H and O–H groups in total. The van der Waals surface area contributed by atoms with Gasteiger partial charge < -0.3 is 10.2 Å². The molecule has 4 nitrogen and oxygen atoms in total. The van der Waals surface area contributed by atoms with Gasteiger partial charge in [-0.15, -0.1) is 11.6 Å². The van der Waals surface area contributed by atoms with Crippen molar-refractivity contribution in [3.63, 3.8) is 0 Å². The number of aliphatic carboxylic acids is 2. The molecule has 0 spiro atoms. The zero-order chi connectivity index (χ0) is 9.89. The highest BCUT2D eigenvalue weighted by Gasteiger charge is 2.23. The molecule has 68 valence electrons. The largest absolute Gasteiger partial charge is 0.480 e. The monoisotopic (exact) mass is 232 g/mol. The van der Waals surface area contributed by atoms with Gasteiger partial charge in [0.2, 0.25) is 0 Å². The van der Waals surface area contributed by atoms with Crippen LogP contribution in [0.3, 0.4) is 0 Å². The molecule has 0 aliphatic heterocycles. The molecule has 0 saturated carbocycles. The zero-order valence-electron chi connectivity index (χ0n) is 5.42. The van der Waals surface area contributed by atoms with E-state index in [0.29, 0.717) is 0 Å². The van der Waals surface area contributed by atoms with E-state index in [9.17, 15) is 9.59 Å². The van der Waals surface area contributed by atoms with Gasteiger partial charge >= 0.3 is 11.9 Å². The summed E-state index contributed by atoms with van der Waals surface area (Å²) < 4.78 is 0. The summed E-state index contributed by atoms with van der Waals surface area (Å²) in [6, 6.07) is 0. The van der Waals surface area contributed by atoms with Gasteiger partial charge in [-0.3, -0.25) is 4.79 Å². The fraction of sp³-hybridized carbons (Fsp3) is 0.200. The van der Waals surface area contributed by atoms with Crippen molar-refractivity contribution >= 4 is 46.7 Å². The molecule has 0 aromatic heterocycles. The molecule has 12 heavy (non-hydrogen) atoms. The van der Waals surface area contributed by atoms with Crippen LogP contribution in [0.2, 0.25) is 0 Å². The Morgan fingerprint density at radius 2 is 1.58 bits per heavy atom. The summed E-state index contributed by atoms with van der Waals surface area (Å²) in [6.07, 6.45) is 0. The van der Waals surface area contributed by atoms with Gasteiger partial charge in [0.15, 0.2) is 5.38 Å². The van der Waals surface area contributed by atoms with Gasteiger partial charge in [-0.1, -0.05) is 23.2 Å². The van der Waals surface area contributed by atoms with E-state index in [0.717, 1.165) is 0 Å². The van der Waals surface area contributed by atoms with Crippen LogP contribution in [0.4, 0.5) is 0 Å². The topological polar surface area (TPSA) is 74.6 Å². The lowest BCUT2D eigenvalue weighted by Crippen LogP contribution is -2.15. The van der Waals surface area contributed by atoms with Crippen molar-refractivity contribution in [1.82, 2.24) is 0 Å². The highest BCUT2D eigenvalue weighted by molar-refractivity contribution is 6.51. The van der Waals surface area contributed by atoms with Crippen LogP contribution < -0.4 is 0 Å². The number of rotatable bonds is 3. The van der Waals surface area contributed by atoms with Crippen molar-refractivity contribution in [3.05, 3.63) is 10.1 Å². The molecule has 0 radical (unpaired) electrons. The highest BCUT2D eigenvalue weighted by Crippen LogP contribution is 2.22. The van der Waals surface area contributed by atoms with E-state index in [4.69, 9.17) is 45.0 Å². The second-order valence-corrected chi connectivity index (χ2v) is 2.89. The van der Waals surface area contributed by atoms with E-state index in [-0.39, 0.29) is 0 Å². The maximum Gasteiger partial charge on any atom is 0.348 e. The third kappa shape index (κ3) is 2.89. The van der Waals surface area contributed by atoms with Crippen LogP contribution in [-0.4, -0.2) is 27.5 Å². The number of carbonyl (C=O) groups is 2. The minimum atomic E-state index is -1.63. The van der Waals surface area contributed by atoms with Crippen LogP contribution >= 0.6 is 34.8 Å². The Morgan fingerprint density at radius 1 is 1.17 bits per heavy atom. The Labute approximate surface area is 82.3 Å². The Morgan fingerprint density at radius 3 is 1.83 bits per heavy atom.